The van der Waals surface area contributed by atoms with Crippen molar-refractivity contribution in [3.05, 3.63) is 160 Å². The average Bonchev–Trinajstić information content (AvgIpc) is 1.58. The maximum atomic E-state index is 16.7. The van der Waals surface area contributed by atoms with Crippen LogP contribution in [0.5, 0.6) is 0 Å². The number of hydrogen-bond acceptors (Lipinski definition) is 10. The zero-order valence-corrected chi connectivity index (χ0v) is 67.3. The number of hydrazine groups is 2. The van der Waals surface area contributed by atoms with E-state index in [0.717, 1.165) is 71.4 Å². The number of imide groups is 2. The Morgan fingerprint density at radius 2 is 0.724 bits per heavy atom. The van der Waals surface area contributed by atoms with E-state index in [1.165, 1.54) is 194 Å². The molecular formula is C81H94Cl10N8O6. The topological polar surface area (TPSA) is 147 Å². The van der Waals surface area contributed by atoms with Gasteiger partial charge in [-0.1, -0.05) is 328 Å². The molecule has 4 aliphatic heterocycles. The highest BCUT2D eigenvalue weighted by Gasteiger charge is 2.59. The molecule has 6 amide bonds. The summed E-state index contributed by atoms with van der Waals surface area (Å²) in [5.41, 5.74) is 1.31. The number of carbonyl (C=O) groups excluding carboxylic acids is 6. The van der Waals surface area contributed by atoms with Gasteiger partial charge in [0.2, 0.25) is 0 Å². The number of hydrogen-bond donors (Lipinski definition) is 0. The Morgan fingerprint density at radius 1 is 0.400 bits per heavy atom. The van der Waals surface area contributed by atoms with Crippen molar-refractivity contribution in [1.29, 1.82) is 0 Å². The monoisotopic (exact) mass is 1620 g/mol. The van der Waals surface area contributed by atoms with E-state index < -0.39 is 76.8 Å². The maximum Gasteiger partial charge on any atom is 0.267 e. The zero-order chi connectivity index (χ0) is 75.1. The SMILES string of the molecule is CCCCCCCCCCCCCCCCC=Cc1cccc(N(C2=NN(c3c(Cl)cc(Cl)cc3Cl)C(=O)C2C(c2ccc(Cl)cc2Cl)C2C(=O)N(c3c(Cl)cc(Cl)cc3Cl)N=C2N(c2cccc(C=CCCCCCCCCCCCCCCCC)c2)N2C(=O)CC(Cl)C2=O)N2C(=O)CC(Cl)C2=O)c1. The molecular weight excluding hydrogens is 1540 g/mol. The standard InChI is InChI=1S/C81H94Cl10N8O6/c1-3-5-7-9-11-13-15-17-19-21-23-25-27-29-31-33-37-54-39-35-41-59(45-54)96(98-69(100)52-67(90)78(98)102)76-72(80(104)94(92-76)74-63(86)48-57(83)49-64(74)87)71(61-44-43-56(82)47-62(61)85)73-77(93-95(81(73)105)75-65(88)50-58(84)51-66(75)89)97(99-70(101)53-68(91)79(99)103)60-42-36-40-55(46-60)38-34-32-30-28-26-24-22-20-18-16-14-12-10-8-6-4-2/h33-51,67-68,71-73H,3-32,52-53H2,1-2H3. The lowest BCUT2D eigenvalue weighted by atomic mass is 9.74. The van der Waals surface area contributed by atoms with Crippen molar-refractivity contribution in [3.63, 3.8) is 0 Å². The average molecular weight is 1630 g/mol. The molecule has 105 heavy (non-hydrogen) atoms. The van der Waals surface area contributed by atoms with Gasteiger partial charge in [-0.3, -0.25) is 28.8 Å². The van der Waals surface area contributed by atoms with E-state index in [1.807, 2.05) is 24.3 Å². The number of unbranched alkanes of at least 4 members (excludes halogenated alkanes) is 28. The molecule has 0 bridgehead atoms. The van der Waals surface area contributed by atoms with Gasteiger partial charge in [0.1, 0.15) is 34.0 Å². The van der Waals surface area contributed by atoms with Crippen LogP contribution in [0.15, 0.2) is 113 Å². The van der Waals surface area contributed by atoms with Gasteiger partial charge in [-0.15, -0.1) is 33.4 Å². The summed E-state index contributed by atoms with van der Waals surface area (Å²) in [6.07, 6.45) is 43.2. The molecule has 2 saturated heterocycles. The molecule has 0 N–H and O–H groups in total. The molecule has 2 fully saturated rings. The summed E-state index contributed by atoms with van der Waals surface area (Å²) in [5.74, 6) is -11.4. The molecule has 5 aromatic rings. The minimum absolute atomic E-state index is 0.0484. The third-order valence-corrected chi connectivity index (χ3v) is 22.4. The summed E-state index contributed by atoms with van der Waals surface area (Å²) in [6, 6.07) is 23.7. The number of alkyl halides is 2. The number of allylic oxidation sites excluding steroid dienone is 2. The number of benzene rings is 5. The minimum Gasteiger partial charge on any atom is -0.272 e. The molecule has 24 heteroatoms. The quantitative estimate of drug-likeness (QED) is 0.0213. The lowest BCUT2D eigenvalue weighted by molar-refractivity contribution is -0.139. The number of hydrazone groups is 2. The van der Waals surface area contributed by atoms with Gasteiger partial charge < -0.3 is 0 Å². The molecule has 5 aromatic carbocycles. The number of anilines is 4. The lowest BCUT2D eigenvalue weighted by Gasteiger charge is -2.39. The highest BCUT2D eigenvalue weighted by molar-refractivity contribution is 6.45. The fourth-order valence-corrected chi connectivity index (χ4v) is 17.1. The predicted molar refractivity (Wildman–Crippen MR) is 437 cm³/mol. The summed E-state index contributed by atoms with van der Waals surface area (Å²) >= 11 is 69.1. The predicted octanol–water partition coefficient (Wildman–Crippen LogP) is 25.3. The summed E-state index contributed by atoms with van der Waals surface area (Å²) in [5, 5.41) is 13.0. The Kier molecular flexibility index (Phi) is 33.5. The molecule has 0 radical (unpaired) electrons. The van der Waals surface area contributed by atoms with Crippen molar-refractivity contribution >= 4 is 198 Å². The first-order valence-corrected chi connectivity index (χ1v) is 41.4. The van der Waals surface area contributed by atoms with Crippen molar-refractivity contribution < 1.29 is 28.8 Å². The molecule has 4 atom stereocenters. The molecule has 4 unspecified atom stereocenters. The van der Waals surface area contributed by atoms with E-state index in [2.05, 4.69) is 26.0 Å². The smallest absolute Gasteiger partial charge is 0.267 e. The number of rotatable bonds is 41. The first-order chi connectivity index (χ1) is 50.7. The normalized spacial score (nSPS) is 18.1. The Hall–Kier alpha value is -5.36. The molecule has 564 valence electrons. The molecule has 9 rings (SSSR count). The Bertz CT molecular complexity index is 3710. The third kappa shape index (κ3) is 22.2. The molecule has 0 spiro atoms. The van der Waals surface area contributed by atoms with Crippen molar-refractivity contribution in [1.82, 2.24) is 10.0 Å². The number of amides is 6. The van der Waals surface area contributed by atoms with Crippen molar-refractivity contribution in [2.45, 2.75) is 236 Å². The molecule has 0 aromatic heterocycles. The van der Waals surface area contributed by atoms with Crippen LogP contribution in [-0.4, -0.2) is 67.9 Å². The molecule has 4 aliphatic rings. The zero-order valence-electron chi connectivity index (χ0n) is 59.8. The van der Waals surface area contributed by atoms with E-state index in [1.54, 1.807) is 36.4 Å². The molecule has 14 nitrogen and oxygen atoms in total. The number of carbonyl (C=O) groups is 6. The van der Waals surface area contributed by atoms with Crippen LogP contribution in [0.2, 0.25) is 40.2 Å². The van der Waals surface area contributed by atoms with E-state index in [-0.39, 0.29) is 80.2 Å². The Labute approximate surface area is 669 Å². The Balaban J connectivity index is 1.12. The van der Waals surface area contributed by atoms with Gasteiger partial charge in [0.05, 0.1) is 44.3 Å². The van der Waals surface area contributed by atoms with Crippen LogP contribution in [0, 0.1) is 11.8 Å². The van der Waals surface area contributed by atoms with Crippen LogP contribution in [0.25, 0.3) is 12.2 Å². The second-order valence-electron chi connectivity index (χ2n) is 27.6. The Morgan fingerprint density at radius 3 is 1.04 bits per heavy atom. The number of amidine groups is 2. The van der Waals surface area contributed by atoms with E-state index in [0.29, 0.717) is 11.1 Å². The molecule has 0 aliphatic carbocycles. The van der Waals surface area contributed by atoms with Gasteiger partial charge >= 0.3 is 0 Å². The first-order valence-electron chi connectivity index (χ1n) is 37.5. The van der Waals surface area contributed by atoms with Gasteiger partial charge in [-0.05, 0) is 103 Å². The second-order valence-corrected chi connectivity index (χ2v) is 32.0. The summed E-state index contributed by atoms with van der Waals surface area (Å²) in [4.78, 5) is 92.7. The maximum absolute atomic E-state index is 16.7. The summed E-state index contributed by atoms with van der Waals surface area (Å²) in [6.45, 7) is 4.49. The third-order valence-electron chi connectivity index (χ3n) is 19.6. The van der Waals surface area contributed by atoms with Crippen molar-refractivity contribution in [2.75, 3.05) is 20.0 Å². The van der Waals surface area contributed by atoms with Crippen molar-refractivity contribution in [3.8, 4) is 0 Å². The van der Waals surface area contributed by atoms with Crippen LogP contribution in [0.3, 0.4) is 0 Å². The van der Waals surface area contributed by atoms with Crippen LogP contribution >= 0.6 is 116 Å². The second kappa shape index (κ2) is 42.0. The summed E-state index contributed by atoms with van der Waals surface area (Å²) in [7, 11) is 0. The fraction of sp³-hybridized carbons (Fsp3) is 0.481. The van der Waals surface area contributed by atoms with Gasteiger partial charge in [-0.25, -0.2) is 10.0 Å². The van der Waals surface area contributed by atoms with Crippen LogP contribution in [0.4, 0.5) is 22.7 Å². The fourth-order valence-electron chi connectivity index (χ4n) is 14.2. The van der Waals surface area contributed by atoms with Gasteiger partial charge in [-0.2, -0.15) is 20.0 Å². The number of halogens is 10. The summed E-state index contributed by atoms with van der Waals surface area (Å²) < 4.78 is 0. The lowest BCUT2D eigenvalue weighted by Crippen LogP contribution is -2.56. The largest absolute Gasteiger partial charge is 0.272 e. The highest BCUT2D eigenvalue weighted by Crippen LogP contribution is 2.51. The van der Waals surface area contributed by atoms with E-state index in [9.17, 15) is 19.2 Å². The highest BCUT2D eigenvalue weighted by atomic mass is 35.5. The molecule has 4 heterocycles. The van der Waals surface area contributed by atoms with Crippen LogP contribution in [0.1, 0.15) is 242 Å². The van der Waals surface area contributed by atoms with Gasteiger partial charge in [0, 0.05) is 26.0 Å². The van der Waals surface area contributed by atoms with Gasteiger partial charge in [0.15, 0.2) is 11.7 Å². The van der Waals surface area contributed by atoms with Crippen LogP contribution < -0.4 is 20.0 Å². The van der Waals surface area contributed by atoms with Crippen LogP contribution in [-0.2, 0) is 28.8 Å². The molecule has 0 saturated carbocycles. The first kappa shape index (κ1) is 83.7. The van der Waals surface area contributed by atoms with Gasteiger partial charge in [0.25, 0.3) is 35.4 Å². The minimum atomic E-state index is -1.90. The number of nitrogens with zero attached hydrogens (tertiary/aromatic N) is 8. The van der Waals surface area contributed by atoms with Crippen molar-refractivity contribution in [2.24, 2.45) is 22.0 Å². The van der Waals surface area contributed by atoms with E-state index >= 15 is 9.59 Å². The van der Waals surface area contributed by atoms with E-state index in [4.69, 9.17) is 126 Å².